The van der Waals surface area contributed by atoms with Crippen molar-refractivity contribution in [3.8, 4) is 0 Å². The third-order valence-corrected chi connectivity index (χ3v) is 1.76. The molecule has 0 aliphatic carbocycles. The van der Waals surface area contributed by atoms with Crippen LogP contribution in [-0.2, 0) is 5.67 Å². The molecule has 0 aliphatic rings. The largest absolute Gasteiger partial charge is 0.436 e. The van der Waals surface area contributed by atoms with E-state index in [-0.39, 0.29) is 6.20 Å². The fourth-order valence-electron chi connectivity index (χ4n) is 0.979. The summed E-state index contributed by atoms with van der Waals surface area (Å²) in [6, 6.07) is 2.21. The maximum atomic E-state index is 13.2. The summed E-state index contributed by atoms with van der Waals surface area (Å²) in [4.78, 5) is 3.01. The molecule has 1 aromatic heterocycles. The summed E-state index contributed by atoms with van der Waals surface area (Å²) >= 11 is 0. The van der Waals surface area contributed by atoms with Crippen molar-refractivity contribution in [2.75, 3.05) is 0 Å². The lowest BCUT2D eigenvalue weighted by Gasteiger charge is -2.29. The first-order chi connectivity index (χ1) is 7.11. The predicted octanol–water partition coefficient (Wildman–Crippen LogP) is 3.17. The van der Waals surface area contributed by atoms with Crippen LogP contribution in [0.1, 0.15) is 5.56 Å². The van der Waals surface area contributed by atoms with Crippen molar-refractivity contribution < 1.29 is 30.7 Å². The van der Waals surface area contributed by atoms with E-state index in [9.17, 15) is 30.7 Å². The summed E-state index contributed by atoms with van der Waals surface area (Å²) in [5.41, 5.74) is -7.16. The lowest BCUT2D eigenvalue weighted by molar-refractivity contribution is -0.348. The average Bonchev–Trinajstić information content (AvgIpc) is 2.14. The first-order valence-corrected chi connectivity index (χ1v) is 3.75. The topological polar surface area (TPSA) is 12.9 Å². The van der Waals surface area contributed by atoms with Crippen LogP contribution in [-0.4, -0.2) is 17.3 Å². The average molecular weight is 246 g/mol. The van der Waals surface area contributed by atoms with Crippen LogP contribution >= 0.6 is 0 Å². The highest BCUT2D eigenvalue weighted by Gasteiger charge is 2.73. The third kappa shape index (κ3) is 1.83. The van der Waals surface area contributed by atoms with Crippen LogP contribution < -0.4 is 0 Å². The van der Waals surface area contributed by atoms with Crippen LogP contribution in [0.3, 0.4) is 0 Å². The first kappa shape index (κ1) is 12.7. The van der Waals surface area contributed by atoms with Gasteiger partial charge < -0.3 is 0 Å². The Labute approximate surface area is 84.9 Å². The summed E-state index contributed by atoms with van der Waals surface area (Å²) in [5.74, 6) is 0. The van der Waals surface area contributed by atoms with Crippen molar-refractivity contribution in [2.24, 2.45) is 0 Å². The van der Waals surface area contributed by atoms with Gasteiger partial charge in [0, 0.05) is 18.0 Å². The Balaban J connectivity index is 3.39. The van der Waals surface area contributed by atoms with Gasteiger partial charge >= 0.3 is 18.0 Å². The second kappa shape index (κ2) is 3.60. The lowest BCUT2D eigenvalue weighted by atomic mass is 9.96. The molecular weight excluding hydrogens is 243 g/mol. The van der Waals surface area contributed by atoms with E-state index >= 15 is 0 Å². The number of alkyl halides is 7. The van der Waals surface area contributed by atoms with Crippen LogP contribution in [0, 0.1) is 6.07 Å². The Hall–Kier alpha value is -1.34. The van der Waals surface area contributed by atoms with Crippen LogP contribution in [0.25, 0.3) is 0 Å². The first-order valence-electron chi connectivity index (χ1n) is 3.75. The Morgan fingerprint density at radius 3 is 1.75 bits per heavy atom. The molecule has 0 fully saturated rings. The minimum atomic E-state index is -6.12. The second-order valence-corrected chi connectivity index (χ2v) is 2.81. The van der Waals surface area contributed by atoms with Crippen LogP contribution in [0.4, 0.5) is 30.7 Å². The summed E-state index contributed by atoms with van der Waals surface area (Å²) in [5, 5.41) is 0. The number of rotatable bonds is 1. The molecule has 0 saturated heterocycles. The van der Waals surface area contributed by atoms with E-state index in [4.69, 9.17) is 0 Å². The van der Waals surface area contributed by atoms with Crippen molar-refractivity contribution in [1.82, 2.24) is 4.98 Å². The van der Waals surface area contributed by atoms with E-state index in [1.807, 2.05) is 0 Å². The van der Waals surface area contributed by atoms with E-state index in [1.54, 1.807) is 6.07 Å². The highest BCUT2D eigenvalue weighted by molar-refractivity contribution is 5.22. The molecule has 0 aliphatic heterocycles. The molecule has 1 radical (unpaired) electrons. The summed E-state index contributed by atoms with van der Waals surface area (Å²) in [6.07, 6.45) is -11.2. The SMILES string of the molecule is FC(F)(F)C(F)(c1[c]ccnc1)C(F)(F)F. The van der Waals surface area contributed by atoms with Gasteiger partial charge in [0.05, 0.1) is 0 Å². The van der Waals surface area contributed by atoms with E-state index in [1.165, 1.54) is 0 Å². The second-order valence-electron chi connectivity index (χ2n) is 2.81. The van der Waals surface area contributed by atoms with Crippen LogP contribution in [0.15, 0.2) is 18.5 Å². The fraction of sp³-hybridized carbons (Fsp3) is 0.375. The number of hydrogen-bond acceptors (Lipinski definition) is 1. The van der Waals surface area contributed by atoms with Crippen molar-refractivity contribution in [1.29, 1.82) is 0 Å². The van der Waals surface area contributed by atoms with Gasteiger partial charge in [0.2, 0.25) is 0 Å². The number of pyridine rings is 1. The van der Waals surface area contributed by atoms with Gasteiger partial charge in [-0.05, 0) is 12.1 Å². The standard InChI is InChI=1S/C8H3F7N/c9-6(7(10,11)12,8(13,14)15)5-2-1-3-16-4-5/h1,3-4H. The van der Waals surface area contributed by atoms with Crippen molar-refractivity contribution >= 4 is 0 Å². The van der Waals surface area contributed by atoms with Crippen molar-refractivity contribution in [2.45, 2.75) is 18.0 Å². The molecular formula is C8H3F7N. The van der Waals surface area contributed by atoms with Gasteiger partial charge in [0.1, 0.15) is 0 Å². The number of hydrogen-bond donors (Lipinski definition) is 0. The van der Waals surface area contributed by atoms with Crippen LogP contribution in [0.5, 0.6) is 0 Å². The molecule has 0 unspecified atom stereocenters. The van der Waals surface area contributed by atoms with E-state index in [2.05, 4.69) is 4.98 Å². The molecule has 1 heterocycles. The monoisotopic (exact) mass is 246 g/mol. The molecule has 0 saturated carbocycles. The van der Waals surface area contributed by atoms with Gasteiger partial charge in [-0.25, -0.2) is 4.39 Å². The lowest BCUT2D eigenvalue weighted by Crippen LogP contribution is -2.50. The number of aromatic nitrogens is 1. The maximum absolute atomic E-state index is 13.2. The molecule has 8 heteroatoms. The minimum Gasteiger partial charge on any atom is -0.264 e. The molecule has 0 atom stereocenters. The molecule has 89 valence electrons. The molecule has 0 amide bonds. The number of nitrogens with zero attached hydrogens (tertiary/aromatic N) is 1. The highest BCUT2D eigenvalue weighted by atomic mass is 19.4. The van der Waals surface area contributed by atoms with Gasteiger partial charge in [0.25, 0.3) is 0 Å². The fourth-order valence-corrected chi connectivity index (χ4v) is 0.979. The summed E-state index contributed by atoms with van der Waals surface area (Å²) < 4.78 is 86.1. The zero-order valence-corrected chi connectivity index (χ0v) is 7.33. The number of halogens is 7. The van der Waals surface area contributed by atoms with Gasteiger partial charge in [0.15, 0.2) is 0 Å². The third-order valence-electron chi connectivity index (χ3n) is 1.76. The molecule has 0 bridgehead atoms. The zero-order chi connectivity index (χ0) is 12.6. The highest BCUT2D eigenvalue weighted by Crippen LogP contribution is 2.52. The quantitative estimate of drug-likeness (QED) is 0.693. The van der Waals surface area contributed by atoms with E-state index < -0.39 is 23.6 Å². The molecule has 0 spiro atoms. The minimum absolute atomic E-state index is 0.140. The predicted molar refractivity (Wildman–Crippen MR) is 38.0 cm³/mol. The molecule has 1 rings (SSSR count). The molecule has 0 N–H and O–H groups in total. The summed E-state index contributed by atoms with van der Waals surface area (Å²) in [6.45, 7) is 0. The Kier molecular flexibility index (Phi) is 2.86. The summed E-state index contributed by atoms with van der Waals surface area (Å²) in [7, 11) is 0. The van der Waals surface area contributed by atoms with E-state index in [0.29, 0.717) is 6.07 Å². The Bertz CT molecular complexity index is 339. The molecule has 16 heavy (non-hydrogen) atoms. The van der Waals surface area contributed by atoms with Gasteiger partial charge in [-0.2, -0.15) is 26.3 Å². The molecule has 1 aromatic rings. The van der Waals surface area contributed by atoms with Gasteiger partial charge in [-0.15, -0.1) is 0 Å². The van der Waals surface area contributed by atoms with E-state index in [0.717, 1.165) is 6.20 Å². The zero-order valence-electron chi connectivity index (χ0n) is 7.33. The van der Waals surface area contributed by atoms with Gasteiger partial charge in [-0.3, -0.25) is 4.98 Å². The van der Waals surface area contributed by atoms with Crippen LogP contribution in [0.2, 0.25) is 0 Å². The normalized spacial score (nSPS) is 13.9. The Morgan fingerprint density at radius 1 is 0.938 bits per heavy atom. The van der Waals surface area contributed by atoms with Crippen molar-refractivity contribution in [3.05, 3.63) is 30.1 Å². The molecule has 1 nitrogen and oxygen atoms in total. The Morgan fingerprint density at radius 2 is 1.44 bits per heavy atom. The smallest absolute Gasteiger partial charge is 0.264 e. The van der Waals surface area contributed by atoms with Crippen molar-refractivity contribution in [3.63, 3.8) is 0 Å². The van der Waals surface area contributed by atoms with Gasteiger partial charge in [-0.1, -0.05) is 0 Å². The maximum Gasteiger partial charge on any atom is 0.436 e. The molecule has 0 aromatic carbocycles.